The largest absolute Gasteiger partial charge is 1.00 e. The van der Waals surface area contributed by atoms with Crippen LogP contribution in [0.2, 0.25) is 0 Å². The van der Waals surface area contributed by atoms with Gasteiger partial charge in [0.15, 0.2) is 0 Å². The van der Waals surface area contributed by atoms with Crippen LogP contribution in [-0.4, -0.2) is 37.5 Å². The van der Waals surface area contributed by atoms with Crippen molar-refractivity contribution in [3.63, 3.8) is 0 Å². The summed E-state index contributed by atoms with van der Waals surface area (Å²) in [7, 11) is -2.27. The van der Waals surface area contributed by atoms with Crippen LogP contribution in [-0.2, 0) is 14.8 Å². The van der Waals surface area contributed by atoms with Gasteiger partial charge in [-0.25, -0.2) is 12.8 Å². The van der Waals surface area contributed by atoms with E-state index in [0.717, 1.165) is 17.7 Å². The first-order chi connectivity index (χ1) is 14.8. The molecule has 0 amide bonds. The number of sulfonamides is 1. The van der Waals surface area contributed by atoms with Crippen molar-refractivity contribution in [2.75, 3.05) is 13.7 Å². The van der Waals surface area contributed by atoms with Gasteiger partial charge < -0.3 is 11.3 Å². The molecule has 2 aromatic rings. The number of hydrogen-bond donors (Lipinski definition) is 1. The quantitative estimate of drug-likeness (QED) is 0.443. The molecule has 0 saturated carbocycles. The molecule has 1 aliphatic heterocycles. The molecule has 0 aromatic heterocycles. The minimum Gasteiger partial charge on any atom is -1.00 e. The van der Waals surface area contributed by atoms with Crippen molar-refractivity contribution >= 4 is 16.0 Å². The Morgan fingerprint density at radius 1 is 1.25 bits per heavy atom. The van der Waals surface area contributed by atoms with Crippen LogP contribution in [0.25, 0.3) is 0 Å². The topological polar surface area (TPSA) is 83.9 Å². The fourth-order valence-corrected chi connectivity index (χ4v) is 5.63. The molecule has 1 fully saturated rings. The molecule has 6 nitrogen and oxygen atoms in total. The van der Waals surface area contributed by atoms with Gasteiger partial charge in [-0.2, -0.15) is 4.31 Å². The predicted molar refractivity (Wildman–Crippen MR) is 116 cm³/mol. The van der Waals surface area contributed by atoms with E-state index >= 15 is 0 Å². The summed E-state index contributed by atoms with van der Waals surface area (Å²) in [5.41, 5.74) is 0.825. The van der Waals surface area contributed by atoms with Crippen LogP contribution in [0.4, 0.5) is 4.39 Å². The smallest absolute Gasteiger partial charge is 1.00 e. The van der Waals surface area contributed by atoms with E-state index in [1.165, 1.54) is 16.4 Å². The third-order valence-electron chi connectivity index (χ3n) is 5.46. The number of halogens is 1. The van der Waals surface area contributed by atoms with E-state index in [-0.39, 0.29) is 48.2 Å². The number of carbonyl (C=O) groups is 1. The molecule has 2 aromatic carbocycles. The average molecular weight is 472 g/mol. The fourth-order valence-electron chi connectivity index (χ4n) is 3.94. The fraction of sp³-hybridized carbons (Fsp3) is 0.348. The molecule has 1 N–H and O–H groups in total. The Hall–Kier alpha value is -1.71. The summed E-state index contributed by atoms with van der Waals surface area (Å²) in [6, 6.07) is 11.8. The third-order valence-corrected chi connectivity index (χ3v) is 7.36. The van der Waals surface area contributed by atoms with Crippen LogP contribution in [0.1, 0.15) is 38.7 Å². The molecule has 0 aliphatic carbocycles. The molecule has 0 spiro atoms. The van der Waals surface area contributed by atoms with E-state index in [0.29, 0.717) is 31.6 Å². The minimum atomic E-state index is -3.83. The minimum absolute atomic E-state index is 0. The normalized spacial score (nSPS) is 19.1. The first kappa shape index (κ1) is 26.5. The van der Waals surface area contributed by atoms with Gasteiger partial charge in [-0.15, -0.1) is 0 Å². The van der Waals surface area contributed by atoms with Gasteiger partial charge in [0.05, 0.1) is 18.0 Å². The molecular formula is C23H27FNNaO5S. The van der Waals surface area contributed by atoms with E-state index in [1.807, 2.05) is 30.4 Å². The molecule has 168 valence electrons. The average Bonchev–Trinajstić information content (AvgIpc) is 3.18. The van der Waals surface area contributed by atoms with Crippen molar-refractivity contribution in [3.05, 3.63) is 72.1 Å². The predicted octanol–water partition coefficient (Wildman–Crippen LogP) is 1.51. The number of carboxylic acids is 1. The molecule has 0 radical (unpaired) electrons. The van der Waals surface area contributed by atoms with Crippen molar-refractivity contribution < 1.29 is 58.4 Å². The monoisotopic (exact) mass is 471 g/mol. The van der Waals surface area contributed by atoms with Gasteiger partial charge in [0, 0.05) is 13.0 Å². The van der Waals surface area contributed by atoms with Gasteiger partial charge >= 0.3 is 35.5 Å². The summed E-state index contributed by atoms with van der Waals surface area (Å²) < 4.78 is 46.9. The van der Waals surface area contributed by atoms with E-state index in [1.54, 1.807) is 13.2 Å². The Labute approximate surface area is 211 Å². The second kappa shape index (κ2) is 12.0. The number of rotatable bonds is 9. The number of hydrogen-bond acceptors (Lipinski definition) is 4. The van der Waals surface area contributed by atoms with Gasteiger partial charge in [0.1, 0.15) is 11.6 Å². The van der Waals surface area contributed by atoms with E-state index in [2.05, 4.69) is 0 Å². The van der Waals surface area contributed by atoms with Crippen LogP contribution in [0.3, 0.4) is 0 Å². The second-order valence-corrected chi connectivity index (χ2v) is 9.37. The third kappa shape index (κ3) is 6.42. The van der Waals surface area contributed by atoms with Crippen LogP contribution in [0.15, 0.2) is 65.6 Å². The molecular weight excluding hydrogens is 444 g/mol. The number of ether oxygens (including phenoxy) is 1. The Morgan fingerprint density at radius 2 is 1.97 bits per heavy atom. The van der Waals surface area contributed by atoms with Crippen molar-refractivity contribution in [2.45, 2.75) is 36.6 Å². The zero-order valence-electron chi connectivity index (χ0n) is 19.3. The number of aliphatic carboxylic acids is 1. The summed E-state index contributed by atoms with van der Waals surface area (Å²) in [6.07, 6.45) is 5.53. The Balaban J connectivity index is 0.00000272. The van der Waals surface area contributed by atoms with Crippen molar-refractivity contribution in [3.8, 4) is 5.75 Å². The first-order valence-electron chi connectivity index (χ1n) is 10.1. The maximum atomic E-state index is 13.4. The SMILES string of the molecule is COc1cccc([C@@H]2[C@H](C/C=C\CCC(=O)O)CCN2S(=O)(=O)c2ccc(F)cc2)c1.[H-].[Na+]. The Morgan fingerprint density at radius 3 is 2.62 bits per heavy atom. The van der Waals surface area contributed by atoms with Crippen molar-refractivity contribution in [1.82, 2.24) is 4.31 Å². The zero-order valence-corrected chi connectivity index (χ0v) is 21.1. The molecule has 0 unspecified atom stereocenters. The molecule has 1 saturated heterocycles. The van der Waals surface area contributed by atoms with Crippen molar-refractivity contribution in [2.24, 2.45) is 5.92 Å². The van der Waals surface area contributed by atoms with Gasteiger partial charge in [-0.05, 0) is 67.1 Å². The molecule has 9 heteroatoms. The number of carboxylic acid groups (broad SMARTS) is 1. The Kier molecular flexibility index (Phi) is 9.91. The van der Waals surface area contributed by atoms with Crippen molar-refractivity contribution in [1.29, 1.82) is 0 Å². The zero-order chi connectivity index (χ0) is 22.4. The van der Waals surface area contributed by atoms with E-state index in [9.17, 15) is 17.6 Å². The summed E-state index contributed by atoms with van der Waals surface area (Å²) in [5, 5.41) is 8.77. The standard InChI is InChI=1S/C23H26FNO5S.Na.H/c1-30-20-8-5-7-18(16-20)23-17(6-3-2-4-9-22(26)27)14-15-25(23)31(28,29)21-12-10-19(24)11-13-21;;/h2-3,5,7-8,10-13,16-17,23H,4,6,9,14-15H2,1H3,(H,26,27);;/q;+1;-1/b3-2-;;/t17-,23+;;/m1../s1. The molecule has 3 rings (SSSR count). The summed E-state index contributed by atoms with van der Waals surface area (Å²) in [5.74, 6) is -0.687. The summed E-state index contributed by atoms with van der Waals surface area (Å²) >= 11 is 0. The van der Waals surface area contributed by atoms with Crippen LogP contribution >= 0.6 is 0 Å². The van der Waals surface area contributed by atoms with Crippen LogP contribution < -0.4 is 34.3 Å². The molecule has 1 heterocycles. The molecule has 1 aliphatic rings. The maximum absolute atomic E-state index is 13.4. The second-order valence-electron chi connectivity index (χ2n) is 7.48. The van der Waals surface area contributed by atoms with E-state index < -0.39 is 27.9 Å². The van der Waals surface area contributed by atoms with Crippen LogP contribution in [0.5, 0.6) is 5.75 Å². The van der Waals surface area contributed by atoms with Gasteiger partial charge in [-0.1, -0.05) is 24.3 Å². The Bertz CT molecular complexity index is 1050. The first-order valence-corrected chi connectivity index (χ1v) is 11.5. The van der Waals surface area contributed by atoms with Gasteiger partial charge in [-0.3, -0.25) is 4.79 Å². The van der Waals surface area contributed by atoms with Crippen LogP contribution in [0, 0.1) is 11.7 Å². The molecule has 2 atom stereocenters. The molecule has 32 heavy (non-hydrogen) atoms. The number of methoxy groups -OCH3 is 1. The summed E-state index contributed by atoms with van der Waals surface area (Å²) in [4.78, 5) is 10.7. The van der Waals surface area contributed by atoms with Gasteiger partial charge in [0.25, 0.3) is 0 Å². The number of nitrogens with zero attached hydrogens (tertiary/aromatic N) is 1. The number of benzene rings is 2. The number of allylic oxidation sites excluding steroid dienone is 2. The maximum Gasteiger partial charge on any atom is 1.00 e. The van der Waals surface area contributed by atoms with Gasteiger partial charge in [0.2, 0.25) is 10.0 Å². The summed E-state index contributed by atoms with van der Waals surface area (Å²) in [6.45, 7) is 0.342. The molecule has 0 bridgehead atoms. The van der Waals surface area contributed by atoms with E-state index in [4.69, 9.17) is 9.84 Å².